The molecule has 0 aliphatic rings. The Balaban J connectivity index is 5.22. The fourth-order valence-corrected chi connectivity index (χ4v) is 14.0. The average Bonchev–Trinajstić information content (AvgIpc) is 0.937. The molecule has 0 bridgehead atoms. The van der Waals surface area contributed by atoms with Crippen molar-refractivity contribution in [1.29, 1.82) is 0 Å². The van der Waals surface area contributed by atoms with E-state index in [1.54, 1.807) is 0 Å². The topological polar surface area (TPSA) is 237 Å². The summed E-state index contributed by atoms with van der Waals surface area (Å²) in [5.74, 6) is 0.950. The number of rotatable bonds is 78. The highest BCUT2D eigenvalue weighted by Gasteiger charge is 2.30. The summed E-state index contributed by atoms with van der Waals surface area (Å²) in [6.45, 7) is 14.2. The molecule has 3 unspecified atom stereocenters. The fourth-order valence-electron chi connectivity index (χ4n) is 12.4. The number of carbonyl (C=O) groups excluding carboxylic acids is 4. The quantitative estimate of drug-likeness (QED) is 0.0222. The molecule has 0 fully saturated rings. The van der Waals surface area contributed by atoms with E-state index in [0.717, 1.165) is 114 Å². The molecule has 19 heteroatoms. The van der Waals surface area contributed by atoms with Gasteiger partial charge < -0.3 is 33.8 Å². The lowest BCUT2D eigenvalue weighted by Crippen LogP contribution is -2.30. The van der Waals surface area contributed by atoms with Gasteiger partial charge in [0.15, 0.2) is 12.2 Å². The number of aliphatic hydroxyl groups excluding tert-OH is 1. The van der Waals surface area contributed by atoms with Crippen molar-refractivity contribution in [2.75, 3.05) is 39.6 Å². The van der Waals surface area contributed by atoms with Gasteiger partial charge in [-0.15, -0.1) is 0 Å². The standard InChI is InChI=1S/C81H158O17P2/c1-71(2)57-49-41-33-27-21-15-11-9-10-12-17-25-31-37-47-55-63-80(85)97-76(67-91-78(83)61-53-45-36-30-24-20-19-23-29-35-43-51-59-73(5)6)69-95-99(87,88)93-65-75(82)66-94-100(89,90)96-70-77(68-92-79(84)62-54-46-40-39-44-52-60-74(7)8)98-81(86)64-56-48-38-32-26-18-14-13-16-22-28-34-42-50-58-72(3)4/h71-77,82H,9-70H2,1-8H3,(H,87,88)(H,89,90)/t75?,76-,77-/m1/s1. The van der Waals surface area contributed by atoms with Crippen LogP contribution in [0.3, 0.4) is 0 Å². The van der Waals surface area contributed by atoms with Crippen molar-refractivity contribution >= 4 is 39.5 Å². The van der Waals surface area contributed by atoms with Gasteiger partial charge in [0, 0.05) is 25.7 Å². The van der Waals surface area contributed by atoms with Crippen molar-refractivity contribution < 1.29 is 80.2 Å². The summed E-state index contributed by atoms with van der Waals surface area (Å²) >= 11 is 0. The van der Waals surface area contributed by atoms with E-state index in [4.69, 9.17) is 37.0 Å². The monoisotopic (exact) mass is 1470 g/mol. The van der Waals surface area contributed by atoms with Gasteiger partial charge in [-0.1, -0.05) is 364 Å². The molecule has 594 valence electrons. The molecule has 0 aromatic rings. The molecule has 0 aromatic heterocycles. The van der Waals surface area contributed by atoms with Gasteiger partial charge in [-0.25, -0.2) is 9.13 Å². The Labute approximate surface area is 613 Å². The Morgan fingerprint density at radius 3 is 0.620 bits per heavy atom. The van der Waals surface area contributed by atoms with Crippen LogP contribution in [-0.4, -0.2) is 96.7 Å². The van der Waals surface area contributed by atoms with Gasteiger partial charge in [0.05, 0.1) is 26.4 Å². The molecule has 0 amide bonds. The van der Waals surface area contributed by atoms with E-state index in [2.05, 4.69) is 55.4 Å². The predicted octanol–water partition coefficient (Wildman–Crippen LogP) is 24.0. The molecule has 0 saturated carbocycles. The number of hydrogen-bond acceptors (Lipinski definition) is 15. The Bertz CT molecular complexity index is 1950. The first-order chi connectivity index (χ1) is 48.1. The largest absolute Gasteiger partial charge is 0.472 e. The van der Waals surface area contributed by atoms with Crippen LogP contribution in [0.15, 0.2) is 0 Å². The van der Waals surface area contributed by atoms with Crippen molar-refractivity contribution in [2.45, 2.75) is 433 Å². The maximum atomic E-state index is 13.1. The van der Waals surface area contributed by atoms with Gasteiger partial charge in [0.25, 0.3) is 0 Å². The Hall–Kier alpha value is -1.94. The second-order valence-electron chi connectivity index (χ2n) is 31.1. The maximum Gasteiger partial charge on any atom is 0.472 e. The molecular weight excluding hydrogens is 1310 g/mol. The van der Waals surface area contributed by atoms with Crippen molar-refractivity contribution in [2.24, 2.45) is 23.7 Å². The van der Waals surface area contributed by atoms with Gasteiger partial charge in [0.2, 0.25) is 0 Å². The molecule has 0 radical (unpaired) electrons. The average molecular weight is 1470 g/mol. The molecule has 17 nitrogen and oxygen atoms in total. The highest BCUT2D eigenvalue weighted by atomic mass is 31.2. The highest BCUT2D eigenvalue weighted by molar-refractivity contribution is 7.47. The van der Waals surface area contributed by atoms with Crippen molar-refractivity contribution in [3.05, 3.63) is 0 Å². The Kier molecular flexibility index (Phi) is 68.7. The second-order valence-corrected chi connectivity index (χ2v) is 34.0. The molecule has 0 heterocycles. The summed E-state index contributed by atoms with van der Waals surface area (Å²) in [4.78, 5) is 73.0. The van der Waals surface area contributed by atoms with Crippen molar-refractivity contribution in [3.8, 4) is 0 Å². The number of carbonyl (C=O) groups is 4. The van der Waals surface area contributed by atoms with Crippen LogP contribution in [0.2, 0.25) is 0 Å². The van der Waals surface area contributed by atoms with E-state index in [-0.39, 0.29) is 25.7 Å². The number of esters is 4. The van der Waals surface area contributed by atoms with Crippen LogP contribution < -0.4 is 0 Å². The summed E-state index contributed by atoms with van der Waals surface area (Å²) < 4.78 is 68.7. The van der Waals surface area contributed by atoms with Gasteiger partial charge in [0.1, 0.15) is 19.3 Å². The summed E-state index contributed by atoms with van der Waals surface area (Å²) in [6.07, 6.45) is 57.0. The van der Waals surface area contributed by atoms with E-state index < -0.39 is 97.5 Å². The first kappa shape index (κ1) is 98.1. The zero-order chi connectivity index (χ0) is 73.8. The van der Waals surface area contributed by atoms with Crippen molar-refractivity contribution in [1.82, 2.24) is 0 Å². The minimum Gasteiger partial charge on any atom is -0.462 e. The third kappa shape index (κ3) is 74.3. The molecule has 3 N–H and O–H groups in total. The van der Waals surface area contributed by atoms with Gasteiger partial charge in [-0.05, 0) is 49.4 Å². The van der Waals surface area contributed by atoms with Crippen molar-refractivity contribution in [3.63, 3.8) is 0 Å². The van der Waals surface area contributed by atoms with Crippen LogP contribution >= 0.6 is 15.6 Å². The first-order valence-electron chi connectivity index (χ1n) is 41.7. The van der Waals surface area contributed by atoms with Crippen LogP contribution in [0, 0.1) is 23.7 Å². The molecule has 100 heavy (non-hydrogen) atoms. The third-order valence-corrected chi connectivity index (χ3v) is 20.7. The van der Waals surface area contributed by atoms with Crippen LogP contribution in [0.5, 0.6) is 0 Å². The molecular formula is C81H158O17P2. The van der Waals surface area contributed by atoms with E-state index in [9.17, 15) is 43.2 Å². The molecule has 0 aliphatic heterocycles. The minimum absolute atomic E-state index is 0.106. The van der Waals surface area contributed by atoms with Crippen LogP contribution in [0.1, 0.15) is 415 Å². The third-order valence-electron chi connectivity index (χ3n) is 18.8. The molecule has 0 spiro atoms. The van der Waals surface area contributed by atoms with Crippen LogP contribution in [0.4, 0.5) is 0 Å². The lowest BCUT2D eigenvalue weighted by molar-refractivity contribution is -0.161. The number of hydrogen-bond donors (Lipinski definition) is 3. The lowest BCUT2D eigenvalue weighted by Gasteiger charge is -2.21. The zero-order valence-electron chi connectivity index (χ0n) is 65.8. The molecule has 0 aromatic carbocycles. The first-order valence-corrected chi connectivity index (χ1v) is 44.7. The van der Waals surface area contributed by atoms with Gasteiger partial charge in [-0.2, -0.15) is 0 Å². The smallest absolute Gasteiger partial charge is 0.462 e. The summed E-state index contributed by atoms with van der Waals surface area (Å²) in [6, 6.07) is 0. The summed E-state index contributed by atoms with van der Waals surface area (Å²) in [5.41, 5.74) is 0. The van der Waals surface area contributed by atoms with E-state index >= 15 is 0 Å². The predicted molar refractivity (Wildman–Crippen MR) is 409 cm³/mol. The van der Waals surface area contributed by atoms with Gasteiger partial charge >= 0.3 is 39.5 Å². The SMILES string of the molecule is CC(C)CCCCCCCCCCCCCCCCCCC(=O)O[C@H](COC(=O)CCCCCCCCCCCCCCC(C)C)COP(=O)(O)OCC(O)COP(=O)(O)OC[C@@H](COC(=O)CCCCCCCCC(C)C)OC(=O)CCCCCCCCCCCCCCCCC(C)C. The molecule has 0 aliphatic carbocycles. The normalized spacial score (nSPS) is 14.0. The van der Waals surface area contributed by atoms with Crippen LogP contribution in [0.25, 0.3) is 0 Å². The Morgan fingerprint density at radius 1 is 0.250 bits per heavy atom. The second kappa shape index (κ2) is 70.1. The summed E-state index contributed by atoms with van der Waals surface area (Å²) in [5, 5.41) is 10.6. The number of unbranched alkanes of at least 4 members (excludes halogenated alkanes) is 44. The molecule has 0 saturated heterocycles. The van der Waals surface area contributed by atoms with E-state index in [1.165, 1.54) is 212 Å². The fraction of sp³-hybridized carbons (Fsp3) is 0.951. The summed E-state index contributed by atoms with van der Waals surface area (Å²) in [7, 11) is -9.92. The number of phosphoric ester groups is 2. The van der Waals surface area contributed by atoms with Gasteiger partial charge in [-0.3, -0.25) is 37.3 Å². The van der Waals surface area contributed by atoms with E-state index in [1.807, 2.05) is 0 Å². The zero-order valence-corrected chi connectivity index (χ0v) is 67.6. The van der Waals surface area contributed by atoms with E-state index in [0.29, 0.717) is 31.6 Å². The maximum absolute atomic E-state index is 13.1. The highest BCUT2D eigenvalue weighted by Crippen LogP contribution is 2.45. The molecule has 5 atom stereocenters. The Morgan fingerprint density at radius 2 is 0.420 bits per heavy atom. The number of ether oxygens (including phenoxy) is 4. The van der Waals surface area contributed by atoms with Crippen LogP contribution in [-0.2, 0) is 65.4 Å². The molecule has 0 rings (SSSR count). The number of phosphoric acid groups is 2. The minimum atomic E-state index is -4.96. The lowest BCUT2D eigenvalue weighted by atomic mass is 10.0. The number of aliphatic hydroxyl groups is 1.